The van der Waals surface area contributed by atoms with E-state index in [0.717, 1.165) is 11.3 Å². The smallest absolute Gasteiger partial charge is 0.412 e. The molecular formula is C18H17N3O2. The highest BCUT2D eigenvalue weighted by molar-refractivity contribution is 5.86. The van der Waals surface area contributed by atoms with E-state index in [4.69, 9.17) is 0 Å². The van der Waals surface area contributed by atoms with Crippen molar-refractivity contribution in [1.82, 2.24) is 9.97 Å². The van der Waals surface area contributed by atoms with Crippen molar-refractivity contribution >= 4 is 11.8 Å². The minimum atomic E-state index is -1.01. The Morgan fingerprint density at radius 2 is 1.70 bits per heavy atom. The maximum absolute atomic E-state index is 11.7. The van der Waals surface area contributed by atoms with Crippen LogP contribution in [0.3, 0.4) is 0 Å². The van der Waals surface area contributed by atoms with Crippen molar-refractivity contribution in [3.05, 3.63) is 72.7 Å². The van der Waals surface area contributed by atoms with E-state index < -0.39 is 12.1 Å². The lowest BCUT2D eigenvalue weighted by molar-refractivity contribution is 0.199. The van der Waals surface area contributed by atoms with Gasteiger partial charge in [-0.1, -0.05) is 48.5 Å². The quantitative estimate of drug-likeness (QED) is 0.754. The van der Waals surface area contributed by atoms with Crippen molar-refractivity contribution in [2.24, 2.45) is 0 Å². The number of amides is 1. The molecule has 0 saturated heterocycles. The normalized spacial score (nSPS) is 11.9. The van der Waals surface area contributed by atoms with Crippen LogP contribution in [0, 0.1) is 0 Å². The van der Waals surface area contributed by atoms with E-state index in [-0.39, 0.29) is 0 Å². The van der Waals surface area contributed by atoms with Gasteiger partial charge in [-0.2, -0.15) is 0 Å². The first-order valence-corrected chi connectivity index (χ1v) is 7.35. The van der Waals surface area contributed by atoms with Crippen LogP contribution in [0.15, 0.2) is 66.9 Å². The van der Waals surface area contributed by atoms with Crippen molar-refractivity contribution in [3.63, 3.8) is 0 Å². The Bertz CT molecular complexity index is 784. The average Bonchev–Trinajstić information content (AvgIpc) is 3.06. The summed E-state index contributed by atoms with van der Waals surface area (Å²) in [5.41, 5.74) is 2.40. The third kappa shape index (κ3) is 3.08. The van der Waals surface area contributed by atoms with Crippen LogP contribution in [0.25, 0.3) is 11.3 Å². The summed E-state index contributed by atoms with van der Waals surface area (Å²) >= 11 is 0. The van der Waals surface area contributed by atoms with Gasteiger partial charge < -0.3 is 10.1 Å². The molecule has 3 rings (SSSR count). The van der Waals surface area contributed by atoms with Crippen LogP contribution < -0.4 is 4.90 Å². The lowest BCUT2D eigenvalue weighted by Crippen LogP contribution is -2.32. The molecule has 0 aliphatic rings. The van der Waals surface area contributed by atoms with Crippen LogP contribution in [0.2, 0.25) is 0 Å². The molecule has 1 aromatic heterocycles. The molecule has 116 valence electrons. The predicted molar refractivity (Wildman–Crippen MR) is 89.4 cm³/mol. The lowest BCUT2D eigenvalue weighted by Gasteiger charge is -2.25. The van der Waals surface area contributed by atoms with Gasteiger partial charge in [-0.05, 0) is 19.1 Å². The lowest BCUT2D eigenvalue weighted by atomic mass is 10.2. The first-order chi connectivity index (χ1) is 11.2. The Hall–Kier alpha value is -3.08. The van der Waals surface area contributed by atoms with Crippen LogP contribution >= 0.6 is 0 Å². The second-order valence-electron chi connectivity index (χ2n) is 5.20. The summed E-state index contributed by atoms with van der Waals surface area (Å²) in [6.07, 6.45) is 0.785. The molecule has 1 unspecified atom stereocenters. The van der Waals surface area contributed by atoms with Crippen LogP contribution in [-0.2, 0) is 0 Å². The molecule has 0 bridgehead atoms. The molecule has 3 aromatic rings. The number of para-hydroxylation sites is 1. The van der Waals surface area contributed by atoms with Crippen LogP contribution in [0.5, 0.6) is 0 Å². The first kappa shape index (κ1) is 14.8. The van der Waals surface area contributed by atoms with E-state index in [2.05, 4.69) is 9.97 Å². The number of anilines is 1. The molecule has 0 fully saturated rings. The fourth-order valence-electron chi connectivity index (χ4n) is 2.52. The van der Waals surface area contributed by atoms with Gasteiger partial charge in [0, 0.05) is 17.4 Å². The highest BCUT2D eigenvalue weighted by Crippen LogP contribution is 2.27. The minimum Gasteiger partial charge on any atom is -0.465 e. The summed E-state index contributed by atoms with van der Waals surface area (Å²) in [4.78, 5) is 20.6. The number of carbonyl (C=O) groups is 1. The van der Waals surface area contributed by atoms with Gasteiger partial charge in [-0.25, -0.2) is 9.78 Å². The van der Waals surface area contributed by atoms with E-state index in [1.807, 2.05) is 55.5 Å². The molecule has 0 radical (unpaired) electrons. The molecule has 5 nitrogen and oxygen atoms in total. The Kier molecular flexibility index (Phi) is 4.10. The summed E-state index contributed by atoms with van der Waals surface area (Å²) in [6.45, 7) is 1.81. The standard InChI is InChI=1S/C18H17N3O2/c1-13(21(18(22)23)15-10-6-3-7-11-15)17-19-12-16(20-17)14-8-4-2-5-9-14/h2-13H,1H3,(H,19,20)(H,22,23). The molecule has 2 aromatic carbocycles. The van der Waals surface area contributed by atoms with Crippen LogP contribution in [0.4, 0.5) is 10.5 Å². The predicted octanol–water partition coefficient (Wildman–Crippen LogP) is 4.32. The van der Waals surface area contributed by atoms with Crippen molar-refractivity contribution in [1.29, 1.82) is 0 Å². The molecule has 23 heavy (non-hydrogen) atoms. The van der Waals surface area contributed by atoms with Gasteiger partial charge in [0.05, 0.1) is 11.7 Å². The number of hydrogen-bond donors (Lipinski definition) is 2. The zero-order valence-corrected chi connectivity index (χ0v) is 12.7. The summed E-state index contributed by atoms with van der Waals surface area (Å²) in [7, 11) is 0. The number of H-pyrrole nitrogens is 1. The maximum Gasteiger partial charge on any atom is 0.412 e. The van der Waals surface area contributed by atoms with Crippen molar-refractivity contribution in [3.8, 4) is 11.3 Å². The van der Waals surface area contributed by atoms with E-state index in [1.165, 1.54) is 4.90 Å². The molecule has 1 heterocycles. The summed E-state index contributed by atoms with van der Waals surface area (Å²) in [5.74, 6) is 0.607. The highest BCUT2D eigenvalue weighted by Gasteiger charge is 2.25. The molecule has 1 atom stereocenters. The summed E-state index contributed by atoms with van der Waals surface area (Å²) in [5, 5.41) is 9.57. The molecule has 0 spiro atoms. The molecule has 5 heteroatoms. The molecule has 0 saturated carbocycles. The fourth-order valence-corrected chi connectivity index (χ4v) is 2.52. The first-order valence-electron chi connectivity index (χ1n) is 7.35. The van der Waals surface area contributed by atoms with Gasteiger partial charge >= 0.3 is 6.09 Å². The summed E-state index contributed by atoms with van der Waals surface area (Å²) in [6, 6.07) is 18.4. The average molecular weight is 307 g/mol. The van der Waals surface area contributed by atoms with Gasteiger partial charge in [0.15, 0.2) is 0 Å². The third-order valence-electron chi connectivity index (χ3n) is 3.69. The molecule has 0 aliphatic heterocycles. The number of aromatic amines is 1. The zero-order valence-electron chi connectivity index (χ0n) is 12.7. The second-order valence-corrected chi connectivity index (χ2v) is 5.20. The molecule has 1 amide bonds. The minimum absolute atomic E-state index is 0.424. The Balaban J connectivity index is 1.91. The number of aromatic nitrogens is 2. The topological polar surface area (TPSA) is 69.2 Å². The van der Waals surface area contributed by atoms with Gasteiger partial charge in [0.1, 0.15) is 5.82 Å². The van der Waals surface area contributed by atoms with Crippen LogP contribution in [-0.4, -0.2) is 21.2 Å². The Morgan fingerprint density at radius 1 is 1.09 bits per heavy atom. The maximum atomic E-state index is 11.7. The Morgan fingerprint density at radius 3 is 2.30 bits per heavy atom. The van der Waals surface area contributed by atoms with Crippen molar-refractivity contribution < 1.29 is 9.90 Å². The Labute approximate surface area is 134 Å². The zero-order chi connectivity index (χ0) is 16.2. The van der Waals surface area contributed by atoms with Gasteiger partial charge in [0.25, 0.3) is 0 Å². The molecule has 0 aliphatic carbocycles. The van der Waals surface area contributed by atoms with E-state index in [0.29, 0.717) is 11.5 Å². The number of hydrogen-bond acceptors (Lipinski definition) is 2. The van der Waals surface area contributed by atoms with Crippen LogP contribution in [0.1, 0.15) is 18.8 Å². The van der Waals surface area contributed by atoms with E-state index in [1.54, 1.807) is 18.3 Å². The van der Waals surface area contributed by atoms with Crippen molar-refractivity contribution in [2.45, 2.75) is 13.0 Å². The third-order valence-corrected chi connectivity index (χ3v) is 3.69. The number of nitrogens with zero attached hydrogens (tertiary/aromatic N) is 2. The van der Waals surface area contributed by atoms with E-state index in [9.17, 15) is 9.90 Å². The van der Waals surface area contributed by atoms with Crippen molar-refractivity contribution in [2.75, 3.05) is 4.90 Å². The monoisotopic (exact) mass is 307 g/mol. The molecule has 2 N–H and O–H groups in total. The number of benzene rings is 2. The summed E-state index contributed by atoms with van der Waals surface area (Å²) < 4.78 is 0. The second kappa shape index (κ2) is 6.36. The number of carboxylic acid groups (broad SMARTS) is 1. The number of imidazole rings is 1. The fraction of sp³-hybridized carbons (Fsp3) is 0.111. The largest absolute Gasteiger partial charge is 0.465 e. The van der Waals surface area contributed by atoms with Gasteiger partial charge in [-0.15, -0.1) is 0 Å². The number of rotatable bonds is 4. The van der Waals surface area contributed by atoms with Gasteiger partial charge in [0.2, 0.25) is 0 Å². The molecular weight excluding hydrogens is 290 g/mol. The van der Waals surface area contributed by atoms with E-state index >= 15 is 0 Å². The highest BCUT2D eigenvalue weighted by atomic mass is 16.4. The SMILES string of the molecule is CC(c1nc(-c2ccccc2)c[nH]1)N(C(=O)O)c1ccccc1. The van der Waals surface area contributed by atoms with Gasteiger partial charge in [-0.3, -0.25) is 4.90 Å². The number of nitrogens with one attached hydrogen (secondary N) is 1.